The van der Waals surface area contributed by atoms with Gasteiger partial charge in [0.25, 0.3) is 0 Å². The first-order valence-electron chi connectivity index (χ1n) is 7.74. The zero-order valence-electron chi connectivity index (χ0n) is 13.5. The van der Waals surface area contributed by atoms with Gasteiger partial charge in [-0.3, -0.25) is 14.5 Å². The van der Waals surface area contributed by atoms with Crippen molar-refractivity contribution in [3.63, 3.8) is 0 Å². The van der Waals surface area contributed by atoms with Crippen LogP contribution in [0.2, 0.25) is 0 Å². The Bertz CT molecular complexity index is 493. The molecule has 6 heteroatoms. The zero-order chi connectivity index (χ0) is 16.1. The van der Waals surface area contributed by atoms with E-state index in [0.717, 1.165) is 30.8 Å². The molecule has 1 aliphatic heterocycles. The van der Waals surface area contributed by atoms with Gasteiger partial charge in [0.05, 0.1) is 12.6 Å². The van der Waals surface area contributed by atoms with Gasteiger partial charge in [-0.15, -0.1) is 11.3 Å². The Labute approximate surface area is 136 Å². The van der Waals surface area contributed by atoms with Crippen LogP contribution in [0.3, 0.4) is 0 Å². The van der Waals surface area contributed by atoms with Gasteiger partial charge < -0.3 is 10.2 Å². The van der Waals surface area contributed by atoms with Gasteiger partial charge in [0.1, 0.15) is 0 Å². The molecular weight excluding hydrogens is 298 g/mol. The van der Waals surface area contributed by atoms with Crippen LogP contribution in [0.5, 0.6) is 0 Å². The van der Waals surface area contributed by atoms with Gasteiger partial charge in [-0.1, -0.05) is 6.07 Å². The van der Waals surface area contributed by atoms with E-state index in [1.54, 1.807) is 30.3 Å². The molecule has 0 saturated carbocycles. The van der Waals surface area contributed by atoms with E-state index in [4.69, 9.17) is 0 Å². The number of thiophene rings is 1. The third kappa shape index (κ3) is 4.30. The molecule has 0 spiro atoms. The van der Waals surface area contributed by atoms with Crippen molar-refractivity contribution in [1.29, 1.82) is 0 Å². The predicted octanol–water partition coefficient (Wildman–Crippen LogP) is 1.55. The zero-order valence-corrected chi connectivity index (χ0v) is 14.4. The molecular formula is C16H25N3O2S. The summed E-state index contributed by atoms with van der Waals surface area (Å²) in [6.07, 6.45) is 1.67. The molecule has 0 bridgehead atoms. The smallest absolute Gasteiger partial charge is 0.237 e. The average molecular weight is 323 g/mol. The lowest BCUT2D eigenvalue weighted by molar-refractivity contribution is -0.135. The Morgan fingerprint density at radius 2 is 2.09 bits per heavy atom. The molecule has 0 aromatic carbocycles. The van der Waals surface area contributed by atoms with Crippen LogP contribution in [-0.4, -0.2) is 54.8 Å². The van der Waals surface area contributed by atoms with Crippen molar-refractivity contribution < 1.29 is 9.59 Å². The third-order valence-corrected chi connectivity index (χ3v) is 5.14. The highest BCUT2D eigenvalue weighted by atomic mass is 32.1. The lowest BCUT2D eigenvalue weighted by atomic mass is 9.94. The van der Waals surface area contributed by atoms with Gasteiger partial charge in [0.2, 0.25) is 11.8 Å². The molecule has 5 nitrogen and oxygen atoms in total. The fourth-order valence-electron chi connectivity index (χ4n) is 2.80. The first kappa shape index (κ1) is 17.0. The fourth-order valence-corrected chi connectivity index (χ4v) is 3.44. The van der Waals surface area contributed by atoms with Crippen LogP contribution in [0.4, 0.5) is 0 Å². The molecule has 1 N–H and O–H groups in total. The van der Waals surface area contributed by atoms with Gasteiger partial charge in [-0.05, 0) is 44.3 Å². The molecule has 1 aliphatic rings. The molecule has 2 amide bonds. The minimum Gasteiger partial charge on any atom is -0.350 e. The maximum Gasteiger partial charge on any atom is 0.237 e. The highest BCUT2D eigenvalue weighted by molar-refractivity contribution is 7.09. The van der Waals surface area contributed by atoms with E-state index in [1.807, 2.05) is 24.4 Å². The van der Waals surface area contributed by atoms with Crippen LogP contribution in [0.1, 0.15) is 24.6 Å². The Hall–Kier alpha value is -1.40. The van der Waals surface area contributed by atoms with E-state index in [9.17, 15) is 9.59 Å². The summed E-state index contributed by atoms with van der Waals surface area (Å²) in [7, 11) is 3.60. The molecule has 2 heterocycles. The molecule has 2 rings (SSSR count). The Kier molecular flexibility index (Phi) is 5.97. The van der Waals surface area contributed by atoms with Gasteiger partial charge in [0.15, 0.2) is 0 Å². The molecule has 1 unspecified atom stereocenters. The number of nitrogens with zero attached hydrogens (tertiary/aromatic N) is 2. The van der Waals surface area contributed by atoms with Crippen molar-refractivity contribution >= 4 is 23.2 Å². The number of piperidine rings is 1. The molecule has 0 aliphatic carbocycles. The van der Waals surface area contributed by atoms with Crippen molar-refractivity contribution in [2.45, 2.75) is 32.4 Å². The van der Waals surface area contributed by atoms with Crippen molar-refractivity contribution in [1.82, 2.24) is 15.1 Å². The molecule has 1 saturated heterocycles. The van der Waals surface area contributed by atoms with Gasteiger partial charge in [-0.2, -0.15) is 0 Å². The Balaban J connectivity index is 1.77. The van der Waals surface area contributed by atoms with Crippen LogP contribution in [0.25, 0.3) is 0 Å². The molecule has 1 aromatic heterocycles. The summed E-state index contributed by atoms with van der Waals surface area (Å²) in [5.74, 6) is 0.368. The number of carbonyl (C=O) groups excluding carboxylic acids is 2. The standard InChI is InChI=1S/C16H25N3O2S/c1-12(15(20)17-11-14-5-4-10-22-14)19-8-6-13(7-9-19)16(21)18(2)3/h4-5,10,12-13H,6-9,11H2,1-3H3,(H,17,20). The lowest BCUT2D eigenvalue weighted by Crippen LogP contribution is -2.49. The first-order valence-corrected chi connectivity index (χ1v) is 8.62. The third-order valence-electron chi connectivity index (χ3n) is 4.26. The SMILES string of the molecule is CC(C(=O)NCc1cccs1)N1CCC(C(=O)N(C)C)CC1. The van der Waals surface area contributed by atoms with Crippen molar-refractivity contribution in [2.75, 3.05) is 27.2 Å². The van der Waals surface area contributed by atoms with Crippen LogP contribution < -0.4 is 5.32 Å². The normalized spacial score (nSPS) is 18.0. The van der Waals surface area contributed by atoms with E-state index in [2.05, 4.69) is 10.2 Å². The molecule has 0 radical (unpaired) electrons. The van der Waals surface area contributed by atoms with E-state index >= 15 is 0 Å². The maximum absolute atomic E-state index is 12.2. The van der Waals surface area contributed by atoms with Gasteiger partial charge in [0, 0.05) is 24.9 Å². The number of hydrogen-bond acceptors (Lipinski definition) is 4. The first-order chi connectivity index (χ1) is 10.5. The van der Waals surface area contributed by atoms with Crippen molar-refractivity contribution in [3.05, 3.63) is 22.4 Å². The minimum absolute atomic E-state index is 0.0609. The van der Waals surface area contributed by atoms with Crippen molar-refractivity contribution in [2.24, 2.45) is 5.92 Å². The molecule has 1 aromatic rings. The number of hydrogen-bond donors (Lipinski definition) is 1. The summed E-state index contributed by atoms with van der Waals surface area (Å²) in [5, 5.41) is 5.00. The summed E-state index contributed by atoms with van der Waals surface area (Å²) in [4.78, 5) is 29.2. The predicted molar refractivity (Wildman–Crippen MR) is 88.6 cm³/mol. The second-order valence-corrected chi connectivity index (χ2v) is 7.05. The van der Waals surface area contributed by atoms with Crippen LogP contribution in [-0.2, 0) is 16.1 Å². The second kappa shape index (κ2) is 7.74. The maximum atomic E-state index is 12.2. The van der Waals surface area contributed by atoms with Crippen LogP contribution >= 0.6 is 11.3 Å². The number of rotatable bonds is 5. The van der Waals surface area contributed by atoms with Gasteiger partial charge in [-0.25, -0.2) is 0 Å². The van der Waals surface area contributed by atoms with Gasteiger partial charge >= 0.3 is 0 Å². The summed E-state index contributed by atoms with van der Waals surface area (Å²) in [6, 6.07) is 3.87. The number of amides is 2. The van der Waals surface area contributed by atoms with E-state index in [-0.39, 0.29) is 23.8 Å². The van der Waals surface area contributed by atoms with Crippen LogP contribution in [0.15, 0.2) is 17.5 Å². The minimum atomic E-state index is -0.143. The summed E-state index contributed by atoms with van der Waals surface area (Å²) < 4.78 is 0. The van der Waals surface area contributed by atoms with E-state index in [0.29, 0.717) is 6.54 Å². The number of carbonyl (C=O) groups is 2. The molecule has 22 heavy (non-hydrogen) atoms. The highest BCUT2D eigenvalue weighted by Crippen LogP contribution is 2.20. The lowest BCUT2D eigenvalue weighted by Gasteiger charge is -2.35. The second-order valence-electron chi connectivity index (χ2n) is 6.02. The monoisotopic (exact) mass is 323 g/mol. The molecule has 1 atom stereocenters. The summed E-state index contributed by atoms with van der Waals surface area (Å²) in [6.45, 7) is 4.14. The summed E-state index contributed by atoms with van der Waals surface area (Å²) >= 11 is 1.65. The fraction of sp³-hybridized carbons (Fsp3) is 0.625. The highest BCUT2D eigenvalue weighted by Gasteiger charge is 2.30. The van der Waals surface area contributed by atoms with E-state index < -0.39 is 0 Å². The quantitative estimate of drug-likeness (QED) is 0.894. The van der Waals surface area contributed by atoms with Crippen LogP contribution in [0, 0.1) is 5.92 Å². The number of likely N-dealkylation sites (tertiary alicyclic amines) is 1. The molecule has 122 valence electrons. The average Bonchev–Trinajstić information content (AvgIpc) is 3.04. The summed E-state index contributed by atoms with van der Waals surface area (Å²) in [5.41, 5.74) is 0. The Morgan fingerprint density at radius 3 is 2.64 bits per heavy atom. The van der Waals surface area contributed by atoms with E-state index in [1.165, 1.54) is 0 Å². The largest absolute Gasteiger partial charge is 0.350 e. The number of nitrogens with one attached hydrogen (secondary N) is 1. The molecule has 1 fully saturated rings. The van der Waals surface area contributed by atoms with Crippen molar-refractivity contribution in [3.8, 4) is 0 Å². The topological polar surface area (TPSA) is 52.7 Å². The Morgan fingerprint density at radius 1 is 1.41 bits per heavy atom.